The van der Waals surface area contributed by atoms with E-state index in [9.17, 15) is 9.59 Å². The van der Waals surface area contributed by atoms with Crippen LogP contribution < -0.4 is 5.32 Å². The van der Waals surface area contributed by atoms with Gasteiger partial charge in [0.15, 0.2) is 0 Å². The van der Waals surface area contributed by atoms with Crippen molar-refractivity contribution in [3.05, 3.63) is 29.3 Å². The number of esters is 1. The van der Waals surface area contributed by atoms with Gasteiger partial charge in [-0.1, -0.05) is 6.07 Å². The van der Waals surface area contributed by atoms with Crippen molar-refractivity contribution in [2.45, 2.75) is 59.0 Å². The molecule has 1 N–H and O–H groups in total. The van der Waals surface area contributed by atoms with Crippen LogP contribution in [0.1, 0.15) is 51.7 Å². The van der Waals surface area contributed by atoms with E-state index < -0.39 is 11.7 Å². The lowest BCUT2D eigenvalue weighted by molar-refractivity contribution is -0.144. The minimum atomic E-state index is -0.525. The minimum Gasteiger partial charge on any atom is -0.466 e. The van der Waals surface area contributed by atoms with Crippen molar-refractivity contribution in [1.82, 2.24) is 0 Å². The lowest BCUT2D eigenvalue weighted by Gasteiger charge is -2.25. The highest BCUT2D eigenvalue weighted by atomic mass is 16.6. The SMILES string of the molecule is CCOC(=O)CC1CCc2ccc(NC(=O)OC(C)(C)C)cc2C1. The summed E-state index contributed by atoms with van der Waals surface area (Å²) in [5.74, 6) is 0.169. The number of anilines is 1. The predicted octanol–water partition coefficient (Wildman–Crippen LogP) is 4.09. The number of carbonyl (C=O) groups is 2. The Kier molecular flexibility index (Phi) is 5.86. The third-order valence-corrected chi connectivity index (χ3v) is 3.94. The highest BCUT2D eigenvalue weighted by molar-refractivity contribution is 5.85. The molecule has 5 nitrogen and oxygen atoms in total. The van der Waals surface area contributed by atoms with Crippen molar-refractivity contribution in [3.63, 3.8) is 0 Å². The zero-order valence-electron chi connectivity index (χ0n) is 15.0. The Morgan fingerprint density at radius 1 is 1.25 bits per heavy atom. The maximum atomic E-state index is 11.9. The summed E-state index contributed by atoms with van der Waals surface area (Å²) in [6.07, 6.45) is 2.77. The quantitative estimate of drug-likeness (QED) is 0.843. The second-order valence-electron chi connectivity index (χ2n) is 7.23. The van der Waals surface area contributed by atoms with Crippen LogP contribution in [0.25, 0.3) is 0 Å². The van der Waals surface area contributed by atoms with Gasteiger partial charge in [0.1, 0.15) is 5.60 Å². The third-order valence-electron chi connectivity index (χ3n) is 3.94. The average molecular weight is 333 g/mol. The molecule has 1 amide bonds. The van der Waals surface area contributed by atoms with Gasteiger partial charge in [-0.2, -0.15) is 0 Å². The van der Waals surface area contributed by atoms with Crippen LogP contribution in [0.5, 0.6) is 0 Å². The number of ether oxygens (including phenoxy) is 2. The first kappa shape index (κ1) is 18.3. The minimum absolute atomic E-state index is 0.131. The molecule has 0 fully saturated rings. The zero-order chi connectivity index (χ0) is 17.7. The molecular weight excluding hydrogens is 306 g/mol. The topological polar surface area (TPSA) is 64.6 Å². The van der Waals surface area contributed by atoms with Gasteiger partial charge in [-0.3, -0.25) is 10.1 Å². The summed E-state index contributed by atoms with van der Waals surface area (Å²) in [7, 11) is 0. The molecule has 0 heterocycles. The maximum Gasteiger partial charge on any atom is 0.412 e. The van der Waals surface area contributed by atoms with E-state index in [2.05, 4.69) is 5.32 Å². The van der Waals surface area contributed by atoms with Gasteiger partial charge in [-0.15, -0.1) is 0 Å². The Labute approximate surface area is 143 Å². The van der Waals surface area contributed by atoms with Crippen molar-refractivity contribution in [2.24, 2.45) is 5.92 Å². The molecule has 0 aliphatic heterocycles. The van der Waals surface area contributed by atoms with Crippen molar-refractivity contribution in [1.29, 1.82) is 0 Å². The number of benzene rings is 1. The number of rotatable bonds is 4. The number of carbonyl (C=O) groups excluding carboxylic acids is 2. The number of amides is 1. The van der Waals surface area contributed by atoms with Crippen LogP contribution in [0.15, 0.2) is 18.2 Å². The van der Waals surface area contributed by atoms with Gasteiger partial charge in [0, 0.05) is 12.1 Å². The summed E-state index contributed by atoms with van der Waals surface area (Å²) in [6, 6.07) is 5.92. The molecule has 1 atom stereocenters. The number of fused-ring (bicyclic) bond motifs is 1. The van der Waals surface area contributed by atoms with Gasteiger partial charge in [-0.05, 0) is 76.1 Å². The van der Waals surface area contributed by atoms with Gasteiger partial charge < -0.3 is 9.47 Å². The normalized spacial score (nSPS) is 16.9. The van der Waals surface area contributed by atoms with E-state index in [1.807, 2.05) is 45.9 Å². The molecule has 1 unspecified atom stereocenters. The molecule has 0 bridgehead atoms. The molecular formula is C19H27NO4. The molecule has 1 aliphatic rings. The van der Waals surface area contributed by atoms with Crippen molar-refractivity contribution < 1.29 is 19.1 Å². The Morgan fingerprint density at radius 2 is 2.00 bits per heavy atom. The van der Waals surface area contributed by atoms with Crippen LogP contribution in [-0.2, 0) is 27.1 Å². The molecule has 0 spiro atoms. The number of hydrogen-bond acceptors (Lipinski definition) is 4. The molecule has 1 aliphatic carbocycles. The maximum absolute atomic E-state index is 11.9. The number of nitrogens with one attached hydrogen (secondary N) is 1. The summed E-state index contributed by atoms with van der Waals surface area (Å²) >= 11 is 0. The van der Waals surface area contributed by atoms with Crippen LogP contribution in [-0.4, -0.2) is 24.3 Å². The summed E-state index contributed by atoms with van der Waals surface area (Å²) < 4.78 is 10.3. The van der Waals surface area contributed by atoms with Gasteiger partial charge in [0.2, 0.25) is 0 Å². The molecule has 24 heavy (non-hydrogen) atoms. The summed E-state index contributed by atoms with van der Waals surface area (Å²) in [5.41, 5.74) is 2.66. The second-order valence-corrected chi connectivity index (χ2v) is 7.23. The Morgan fingerprint density at radius 3 is 2.67 bits per heavy atom. The van der Waals surface area contributed by atoms with Crippen molar-refractivity contribution >= 4 is 17.7 Å². The Hall–Kier alpha value is -2.04. The second kappa shape index (κ2) is 7.69. The van der Waals surface area contributed by atoms with E-state index in [0.29, 0.717) is 18.9 Å². The zero-order valence-corrected chi connectivity index (χ0v) is 15.0. The predicted molar refractivity (Wildman–Crippen MR) is 93.1 cm³/mol. The van der Waals surface area contributed by atoms with E-state index in [4.69, 9.17) is 9.47 Å². The third kappa shape index (κ3) is 5.55. The largest absolute Gasteiger partial charge is 0.466 e. The average Bonchev–Trinajstić information content (AvgIpc) is 2.45. The molecule has 132 valence electrons. The fourth-order valence-electron chi connectivity index (χ4n) is 2.96. The van der Waals surface area contributed by atoms with Crippen molar-refractivity contribution in [2.75, 3.05) is 11.9 Å². The molecule has 1 aromatic carbocycles. The van der Waals surface area contributed by atoms with E-state index >= 15 is 0 Å². The van der Waals surface area contributed by atoms with Gasteiger partial charge >= 0.3 is 12.1 Å². The Balaban J connectivity index is 2.00. The smallest absolute Gasteiger partial charge is 0.412 e. The highest BCUT2D eigenvalue weighted by Gasteiger charge is 2.22. The van der Waals surface area contributed by atoms with E-state index in [0.717, 1.165) is 24.9 Å². The van der Waals surface area contributed by atoms with Crippen LogP contribution in [0.2, 0.25) is 0 Å². The molecule has 5 heteroatoms. The molecule has 0 saturated heterocycles. The first-order valence-corrected chi connectivity index (χ1v) is 8.54. The fourth-order valence-corrected chi connectivity index (χ4v) is 2.96. The van der Waals surface area contributed by atoms with Gasteiger partial charge in [-0.25, -0.2) is 4.79 Å². The summed E-state index contributed by atoms with van der Waals surface area (Å²) in [6.45, 7) is 7.74. The van der Waals surface area contributed by atoms with Crippen LogP contribution in [0.3, 0.4) is 0 Å². The summed E-state index contributed by atoms with van der Waals surface area (Å²) in [4.78, 5) is 23.6. The number of hydrogen-bond donors (Lipinski definition) is 1. The molecule has 0 radical (unpaired) electrons. The van der Waals surface area contributed by atoms with Gasteiger partial charge in [0.05, 0.1) is 6.61 Å². The standard InChI is InChI=1S/C19H27NO4/c1-5-23-17(21)11-13-6-7-14-8-9-16(12-15(14)10-13)20-18(22)24-19(2,3)4/h8-9,12-13H,5-7,10-11H2,1-4H3,(H,20,22). The fraction of sp³-hybridized carbons (Fsp3) is 0.579. The summed E-state index contributed by atoms with van der Waals surface area (Å²) in [5, 5.41) is 2.77. The monoisotopic (exact) mass is 333 g/mol. The van der Waals surface area contributed by atoms with E-state index in [1.54, 1.807) is 0 Å². The Bertz CT molecular complexity index is 604. The first-order chi connectivity index (χ1) is 11.3. The van der Waals surface area contributed by atoms with Crippen molar-refractivity contribution in [3.8, 4) is 0 Å². The van der Waals surface area contributed by atoms with Crippen LogP contribution in [0, 0.1) is 5.92 Å². The molecule has 1 aromatic rings. The van der Waals surface area contributed by atoms with Crippen LogP contribution in [0.4, 0.5) is 10.5 Å². The van der Waals surface area contributed by atoms with E-state index in [-0.39, 0.29) is 5.97 Å². The first-order valence-electron chi connectivity index (χ1n) is 8.54. The van der Waals surface area contributed by atoms with E-state index in [1.165, 1.54) is 11.1 Å². The van der Waals surface area contributed by atoms with Crippen LogP contribution >= 0.6 is 0 Å². The van der Waals surface area contributed by atoms with Gasteiger partial charge in [0.25, 0.3) is 0 Å². The molecule has 2 rings (SSSR count). The lowest BCUT2D eigenvalue weighted by Crippen LogP contribution is -2.27. The number of aryl methyl sites for hydroxylation is 1. The lowest BCUT2D eigenvalue weighted by atomic mass is 9.82. The molecule has 0 aromatic heterocycles. The molecule has 0 saturated carbocycles. The highest BCUT2D eigenvalue weighted by Crippen LogP contribution is 2.30.